The third kappa shape index (κ3) is 4.72. The largest absolute Gasteiger partial charge is 0.364 e. The van der Waals surface area contributed by atoms with Crippen LogP contribution < -0.4 is 11.5 Å². The number of benzene rings is 2. The van der Waals surface area contributed by atoms with Crippen molar-refractivity contribution in [3.05, 3.63) is 109 Å². The molecule has 1 aliphatic carbocycles. The molecule has 6 aromatic rings. The van der Waals surface area contributed by atoms with Crippen LogP contribution in [-0.4, -0.2) is 40.9 Å². The zero-order chi connectivity index (χ0) is 27.5. The summed E-state index contributed by atoms with van der Waals surface area (Å²) in [5, 5.41) is 18.7. The van der Waals surface area contributed by atoms with E-state index < -0.39 is 5.91 Å². The van der Waals surface area contributed by atoms with E-state index in [1.54, 1.807) is 18.5 Å². The van der Waals surface area contributed by atoms with Crippen LogP contribution in [0.5, 0.6) is 0 Å². The second-order valence-electron chi connectivity index (χ2n) is 9.69. The van der Waals surface area contributed by atoms with Gasteiger partial charge < -0.3 is 11.5 Å². The molecule has 40 heavy (non-hydrogen) atoms. The maximum Gasteiger partial charge on any atom is 0.269 e. The number of fused-ring (bicyclic) bond motifs is 1. The Balaban J connectivity index is 0.000000276. The lowest BCUT2D eigenvalue weighted by Crippen LogP contribution is -2.43. The van der Waals surface area contributed by atoms with Crippen molar-refractivity contribution < 1.29 is 4.79 Å². The number of nitrogens with zero attached hydrogens (tertiary/aromatic N) is 6. The van der Waals surface area contributed by atoms with Gasteiger partial charge in [-0.25, -0.2) is 9.50 Å². The molecule has 1 saturated carbocycles. The Labute approximate surface area is 230 Å². The number of carbonyl (C=O) groups is 1. The molecule has 4 heterocycles. The van der Waals surface area contributed by atoms with E-state index in [1.165, 1.54) is 24.2 Å². The van der Waals surface area contributed by atoms with Gasteiger partial charge in [-0.15, -0.1) is 5.10 Å². The Morgan fingerprint density at radius 1 is 0.875 bits per heavy atom. The van der Waals surface area contributed by atoms with Crippen molar-refractivity contribution in [3.8, 4) is 33.8 Å². The van der Waals surface area contributed by atoms with Crippen LogP contribution in [0.1, 0.15) is 35.3 Å². The number of nitrogens with one attached hydrogen (secondary N) is 1. The normalized spacial score (nSPS) is 13.7. The van der Waals surface area contributed by atoms with E-state index in [2.05, 4.69) is 61.9 Å². The Kier molecular flexibility index (Phi) is 6.59. The predicted octanol–water partition coefficient (Wildman–Crippen LogP) is 4.37. The minimum atomic E-state index is -0.553. The van der Waals surface area contributed by atoms with Crippen molar-refractivity contribution in [3.63, 3.8) is 0 Å². The van der Waals surface area contributed by atoms with Crippen LogP contribution in [-0.2, 0) is 5.54 Å². The number of aromatic nitrogens is 7. The van der Waals surface area contributed by atoms with E-state index in [9.17, 15) is 4.79 Å². The first kappa shape index (κ1) is 25.1. The summed E-state index contributed by atoms with van der Waals surface area (Å²) in [6, 6.07) is 25.9. The van der Waals surface area contributed by atoms with Crippen molar-refractivity contribution in [1.82, 2.24) is 35.0 Å². The van der Waals surface area contributed by atoms with Gasteiger partial charge in [0.05, 0.1) is 11.4 Å². The van der Waals surface area contributed by atoms with Gasteiger partial charge in [-0.05, 0) is 49.1 Å². The van der Waals surface area contributed by atoms with E-state index in [4.69, 9.17) is 16.5 Å². The van der Waals surface area contributed by atoms with Crippen LogP contribution in [0.3, 0.4) is 0 Å². The zero-order valence-corrected chi connectivity index (χ0v) is 21.6. The van der Waals surface area contributed by atoms with E-state index in [0.29, 0.717) is 0 Å². The van der Waals surface area contributed by atoms with Gasteiger partial charge in [-0.1, -0.05) is 54.6 Å². The first-order valence-electron chi connectivity index (χ1n) is 12.9. The van der Waals surface area contributed by atoms with Crippen LogP contribution in [0.4, 0.5) is 0 Å². The van der Waals surface area contributed by atoms with Gasteiger partial charge >= 0.3 is 0 Å². The summed E-state index contributed by atoms with van der Waals surface area (Å²) in [5.41, 5.74) is 19.3. The molecule has 198 valence electrons. The molecular formula is C30H27N9O. The van der Waals surface area contributed by atoms with Crippen molar-refractivity contribution in [2.24, 2.45) is 11.5 Å². The minimum Gasteiger partial charge on any atom is -0.364 e. The summed E-state index contributed by atoms with van der Waals surface area (Å²) >= 11 is 0. The molecule has 0 atom stereocenters. The fraction of sp³-hybridized carbons (Fsp3) is 0.133. The molecule has 2 aromatic carbocycles. The molecule has 0 aliphatic heterocycles. The van der Waals surface area contributed by atoms with Crippen molar-refractivity contribution in [1.29, 1.82) is 0 Å². The number of aromatic amines is 1. The number of rotatable bonds is 5. The van der Waals surface area contributed by atoms with Gasteiger partial charge in [0.15, 0.2) is 11.3 Å². The summed E-state index contributed by atoms with van der Waals surface area (Å²) in [7, 11) is 0. The molecule has 1 amide bonds. The molecule has 0 radical (unpaired) electrons. The summed E-state index contributed by atoms with van der Waals surface area (Å²) < 4.78 is 1.92. The van der Waals surface area contributed by atoms with Crippen LogP contribution >= 0.6 is 0 Å². The van der Waals surface area contributed by atoms with Crippen LogP contribution in [0.25, 0.3) is 39.4 Å². The van der Waals surface area contributed by atoms with Crippen molar-refractivity contribution in [2.75, 3.05) is 0 Å². The molecule has 0 unspecified atom stereocenters. The molecule has 4 aromatic heterocycles. The fourth-order valence-electron chi connectivity index (χ4n) is 4.86. The molecule has 0 bridgehead atoms. The summed E-state index contributed by atoms with van der Waals surface area (Å²) in [6.07, 6.45) is 8.33. The van der Waals surface area contributed by atoms with E-state index in [0.717, 1.165) is 52.3 Å². The lowest BCUT2D eigenvalue weighted by Gasteiger charge is -2.38. The van der Waals surface area contributed by atoms with Crippen molar-refractivity contribution >= 4 is 11.6 Å². The van der Waals surface area contributed by atoms with Crippen LogP contribution in [0.2, 0.25) is 0 Å². The monoisotopic (exact) mass is 529 g/mol. The number of imidazole rings is 1. The van der Waals surface area contributed by atoms with E-state index in [1.807, 2.05) is 34.8 Å². The van der Waals surface area contributed by atoms with Crippen molar-refractivity contribution in [2.45, 2.75) is 24.8 Å². The van der Waals surface area contributed by atoms with Crippen LogP contribution in [0.15, 0.2) is 97.5 Å². The summed E-state index contributed by atoms with van der Waals surface area (Å²) in [4.78, 5) is 15.4. The van der Waals surface area contributed by atoms with Gasteiger partial charge in [-0.3, -0.25) is 9.89 Å². The number of carbonyl (C=O) groups excluding carboxylic acids is 1. The van der Waals surface area contributed by atoms with Gasteiger partial charge in [0.2, 0.25) is 0 Å². The van der Waals surface area contributed by atoms with Gasteiger partial charge in [0.25, 0.3) is 5.91 Å². The second kappa shape index (κ2) is 10.5. The number of H-pyrrole nitrogens is 1. The second-order valence-corrected chi connectivity index (χ2v) is 9.69. The Morgan fingerprint density at radius 3 is 2.27 bits per heavy atom. The quantitative estimate of drug-likeness (QED) is 0.300. The average Bonchev–Trinajstić information content (AvgIpc) is 3.66. The highest BCUT2D eigenvalue weighted by Crippen LogP contribution is 2.40. The third-order valence-corrected chi connectivity index (χ3v) is 7.16. The predicted molar refractivity (Wildman–Crippen MR) is 152 cm³/mol. The molecule has 10 heteroatoms. The summed E-state index contributed by atoms with van der Waals surface area (Å²) in [5.74, 6) is -0.553. The first-order valence-corrected chi connectivity index (χ1v) is 12.9. The lowest BCUT2D eigenvalue weighted by molar-refractivity contribution is 0.0994. The Morgan fingerprint density at radius 2 is 1.68 bits per heavy atom. The highest BCUT2D eigenvalue weighted by Gasteiger charge is 2.34. The summed E-state index contributed by atoms with van der Waals surface area (Å²) in [6.45, 7) is 0. The topological polar surface area (TPSA) is 154 Å². The molecule has 0 spiro atoms. The maximum absolute atomic E-state index is 10.3. The fourth-order valence-corrected chi connectivity index (χ4v) is 4.86. The average molecular weight is 530 g/mol. The number of primary amides is 1. The van der Waals surface area contributed by atoms with Gasteiger partial charge in [-0.2, -0.15) is 15.3 Å². The van der Waals surface area contributed by atoms with E-state index in [-0.39, 0.29) is 11.2 Å². The van der Waals surface area contributed by atoms with Gasteiger partial charge in [0.1, 0.15) is 5.69 Å². The minimum absolute atomic E-state index is 0.172. The number of hydrogen-bond acceptors (Lipinski definition) is 7. The Hall–Kier alpha value is -5.22. The highest BCUT2D eigenvalue weighted by molar-refractivity contribution is 5.90. The highest BCUT2D eigenvalue weighted by atomic mass is 16.1. The molecule has 1 fully saturated rings. The van der Waals surface area contributed by atoms with Crippen LogP contribution in [0, 0.1) is 0 Å². The lowest BCUT2D eigenvalue weighted by atomic mass is 9.72. The first-order chi connectivity index (χ1) is 19.5. The molecule has 0 saturated heterocycles. The standard InChI is InChI=1S/C25H22N6.C5H5N3O/c26-25(13-4-14-25)19-9-7-17(8-10-19)22-23(18-5-2-1-3-6-18)31-24(29-22)20(11-16-28-31)21-12-15-27-30-21;6-5(9)4-2-1-3-7-8-4/h1-3,5-12,15-16H,4,13-14,26H2,(H,27,30);1-3H,(H2,6,9). The molecule has 10 nitrogen and oxygen atoms in total. The van der Waals surface area contributed by atoms with E-state index >= 15 is 0 Å². The molecular weight excluding hydrogens is 502 g/mol. The third-order valence-electron chi connectivity index (χ3n) is 7.16. The van der Waals surface area contributed by atoms with Gasteiger partial charge in [0, 0.05) is 40.8 Å². The molecule has 1 aliphatic rings. The number of hydrogen-bond donors (Lipinski definition) is 3. The maximum atomic E-state index is 10.3. The molecule has 5 N–H and O–H groups in total. The Bertz CT molecular complexity index is 1740. The number of nitrogens with two attached hydrogens (primary N) is 2. The number of amides is 1. The smallest absolute Gasteiger partial charge is 0.269 e. The SMILES string of the molecule is NC(=O)c1cccnn1.NC1(c2ccc(-c3nc4c(-c5ccn[nH]5)ccnn4c3-c3ccccc3)cc2)CCC1. The zero-order valence-electron chi connectivity index (χ0n) is 21.6. The molecule has 7 rings (SSSR count).